The van der Waals surface area contributed by atoms with E-state index in [9.17, 15) is 19.5 Å². The van der Waals surface area contributed by atoms with Crippen molar-refractivity contribution in [2.45, 2.75) is 40.2 Å². The van der Waals surface area contributed by atoms with Crippen LogP contribution in [0.2, 0.25) is 0 Å². The predicted molar refractivity (Wildman–Crippen MR) is 155 cm³/mol. The number of thiazole rings is 1. The molecule has 208 valence electrons. The van der Waals surface area contributed by atoms with Crippen LogP contribution in [-0.4, -0.2) is 41.0 Å². The smallest absolute Gasteiger partial charge is 0.350 e. The molecule has 4 rings (SSSR count). The highest BCUT2D eigenvalue weighted by Gasteiger charge is 2.48. The van der Waals surface area contributed by atoms with E-state index in [0.717, 1.165) is 23.3 Å². The van der Waals surface area contributed by atoms with Gasteiger partial charge in [-0.2, -0.15) is 0 Å². The maximum atomic E-state index is 13.5. The molecule has 1 aliphatic heterocycles. The summed E-state index contributed by atoms with van der Waals surface area (Å²) in [4.78, 5) is 45.5. The van der Waals surface area contributed by atoms with Gasteiger partial charge in [-0.05, 0) is 43.9 Å². The van der Waals surface area contributed by atoms with Crippen molar-refractivity contribution >= 4 is 39.9 Å². The monoisotopic (exact) mass is 560 g/mol. The number of ether oxygens (including phenoxy) is 2. The van der Waals surface area contributed by atoms with Gasteiger partial charge in [-0.1, -0.05) is 79.8 Å². The Balaban J connectivity index is 1.84. The van der Waals surface area contributed by atoms with E-state index < -0.39 is 23.7 Å². The third kappa shape index (κ3) is 5.99. The number of hydrogen-bond acceptors (Lipinski definition) is 8. The molecule has 40 heavy (non-hydrogen) atoms. The molecule has 1 aliphatic rings. The van der Waals surface area contributed by atoms with Crippen LogP contribution in [0.4, 0.5) is 5.13 Å². The molecule has 2 aromatic carbocycles. The number of amides is 1. The summed E-state index contributed by atoms with van der Waals surface area (Å²) in [7, 11) is 0. The lowest BCUT2D eigenvalue weighted by Crippen LogP contribution is -2.29. The highest BCUT2D eigenvalue weighted by molar-refractivity contribution is 7.17. The van der Waals surface area contributed by atoms with Crippen LogP contribution >= 0.6 is 11.3 Å². The molecular weight excluding hydrogens is 528 g/mol. The fraction of sp³-hybridized carbons (Fsp3) is 0.290. The number of ketones is 1. The number of aliphatic hydroxyl groups is 1. The van der Waals surface area contributed by atoms with Crippen molar-refractivity contribution < 1.29 is 29.0 Å². The van der Waals surface area contributed by atoms with Gasteiger partial charge in [0.1, 0.15) is 23.0 Å². The summed E-state index contributed by atoms with van der Waals surface area (Å²) in [6, 6.07) is 13.1. The van der Waals surface area contributed by atoms with E-state index in [2.05, 4.69) is 25.4 Å². The van der Waals surface area contributed by atoms with Crippen molar-refractivity contribution in [3.63, 3.8) is 0 Å². The highest BCUT2D eigenvalue weighted by Crippen LogP contribution is 2.44. The second-order valence-electron chi connectivity index (χ2n) is 9.94. The number of carbonyl (C=O) groups is 3. The summed E-state index contributed by atoms with van der Waals surface area (Å²) in [5.41, 5.74) is 2.23. The summed E-state index contributed by atoms with van der Waals surface area (Å²) < 4.78 is 11.1. The molecule has 1 aromatic heterocycles. The van der Waals surface area contributed by atoms with E-state index in [4.69, 9.17) is 9.47 Å². The molecule has 0 radical (unpaired) electrons. The zero-order valence-electron chi connectivity index (χ0n) is 23.0. The van der Waals surface area contributed by atoms with E-state index in [1.807, 2.05) is 19.1 Å². The molecule has 0 bridgehead atoms. The molecule has 1 saturated heterocycles. The molecule has 0 aliphatic carbocycles. The van der Waals surface area contributed by atoms with Gasteiger partial charge in [0.05, 0.1) is 23.9 Å². The van der Waals surface area contributed by atoms with Gasteiger partial charge in [-0.15, -0.1) is 0 Å². The van der Waals surface area contributed by atoms with Crippen LogP contribution in [0, 0.1) is 19.8 Å². The SMILES string of the molecule is C=CCOC(=O)c1sc(N2C(=O)C(=O)/C(=C(/O)c3ccc(C)cc3)C2c2cccc(OCCC(C)C)c2)nc1C. The molecule has 0 spiro atoms. The van der Waals surface area contributed by atoms with E-state index in [1.165, 1.54) is 11.0 Å². The van der Waals surface area contributed by atoms with Crippen molar-refractivity contribution in [3.8, 4) is 5.75 Å². The zero-order chi connectivity index (χ0) is 29.0. The van der Waals surface area contributed by atoms with E-state index >= 15 is 0 Å². The first-order chi connectivity index (χ1) is 19.1. The van der Waals surface area contributed by atoms with Gasteiger partial charge in [-0.25, -0.2) is 9.78 Å². The molecule has 1 N–H and O–H groups in total. The predicted octanol–water partition coefficient (Wildman–Crippen LogP) is 6.15. The van der Waals surface area contributed by atoms with Crippen LogP contribution in [0.5, 0.6) is 5.75 Å². The summed E-state index contributed by atoms with van der Waals surface area (Å²) >= 11 is 0.950. The number of Topliss-reactive ketones (excluding diaryl/α,β-unsaturated/α-hetero) is 1. The second kappa shape index (κ2) is 12.3. The Kier molecular flexibility index (Phi) is 8.84. The Morgan fingerprint density at radius 3 is 2.58 bits per heavy atom. The van der Waals surface area contributed by atoms with E-state index in [-0.39, 0.29) is 27.9 Å². The van der Waals surface area contributed by atoms with Gasteiger partial charge >= 0.3 is 11.9 Å². The number of carbonyl (C=O) groups excluding carboxylic acids is 3. The Labute approximate surface area is 237 Å². The average molecular weight is 561 g/mol. The normalized spacial score (nSPS) is 16.4. The molecule has 3 aromatic rings. The van der Waals surface area contributed by atoms with Gasteiger partial charge in [0.15, 0.2) is 5.13 Å². The lowest BCUT2D eigenvalue weighted by molar-refractivity contribution is -0.132. The minimum Gasteiger partial charge on any atom is -0.507 e. The van der Waals surface area contributed by atoms with Crippen LogP contribution in [-0.2, 0) is 14.3 Å². The first-order valence-corrected chi connectivity index (χ1v) is 13.8. The Morgan fingerprint density at radius 1 is 1.18 bits per heavy atom. The Bertz CT molecular complexity index is 1470. The second-order valence-corrected chi connectivity index (χ2v) is 10.9. The maximum Gasteiger partial charge on any atom is 0.350 e. The maximum absolute atomic E-state index is 13.5. The van der Waals surface area contributed by atoms with Gasteiger partial charge < -0.3 is 14.6 Å². The lowest BCUT2D eigenvalue weighted by Gasteiger charge is -2.23. The average Bonchev–Trinajstić information content (AvgIpc) is 3.43. The molecule has 2 heterocycles. The molecule has 9 heteroatoms. The quantitative estimate of drug-likeness (QED) is 0.104. The molecule has 0 saturated carbocycles. The highest BCUT2D eigenvalue weighted by atomic mass is 32.1. The number of aryl methyl sites for hydroxylation is 2. The number of anilines is 1. The van der Waals surface area contributed by atoms with Gasteiger partial charge in [-0.3, -0.25) is 14.5 Å². The molecule has 8 nitrogen and oxygen atoms in total. The van der Waals surface area contributed by atoms with Crippen molar-refractivity contribution in [2.75, 3.05) is 18.1 Å². The summed E-state index contributed by atoms with van der Waals surface area (Å²) in [5.74, 6) is -1.57. The molecule has 1 fully saturated rings. The van der Waals surface area contributed by atoms with Crippen molar-refractivity contribution in [3.05, 3.63) is 94.0 Å². The summed E-state index contributed by atoms with van der Waals surface area (Å²) in [6.45, 7) is 11.8. The first-order valence-electron chi connectivity index (χ1n) is 13.0. The van der Waals surface area contributed by atoms with Crippen LogP contribution in [0.3, 0.4) is 0 Å². The summed E-state index contributed by atoms with van der Waals surface area (Å²) in [6.07, 6.45) is 2.31. The molecule has 1 amide bonds. The third-order valence-electron chi connectivity index (χ3n) is 6.42. The Hall–Kier alpha value is -4.24. The number of esters is 1. The van der Waals surface area contributed by atoms with E-state index in [1.54, 1.807) is 43.3 Å². The molecule has 1 unspecified atom stereocenters. The number of rotatable bonds is 10. The first kappa shape index (κ1) is 28.8. The lowest BCUT2D eigenvalue weighted by atomic mass is 9.95. The van der Waals surface area contributed by atoms with Crippen LogP contribution in [0.15, 0.2) is 66.8 Å². The largest absolute Gasteiger partial charge is 0.507 e. The number of aliphatic hydroxyl groups excluding tert-OH is 1. The number of benzene rings is 2. The van der Waals surface area contributed by atoms with Gasteiger partial charge in [0, 0.05) is 5.56 Å². The van der Waals surface area contributed by atoms with Gasteiger partial charge in [0.25, 0.3) is 5.78 Å². The van der Waals surface area contributed by atoms with Crippen LogP contribution in [0.25, 0.3) is 5.76 Å². The number of nitrogens with zero attached hydrogens (tertiary/aromatic N) is 2. The van der Waals surface area contributed by atoms with E-state index in [0.29, 0.717) is 35.1 Å². The van der Waals surface area contributed by atoms with Crippen molar-refractivity contribution in [1.82, 2.24) is 4.98 Å². The van der Waals surface area contributed by atoms with Crippen molar-refractivity contribution in [1.29, 1.82) is 0 Å². The minimum absolute atomic E-state index is 0.0240. The van der Waals surface area contributed by atoms with Crippen molar-refractivity contribution in [2.24, 2.45) is 5.92 Å². The fourth-order valence-corrected chi connectivity index (χ4v) is 5.26. The van der Waals surface area contributed by atoms with Crippen LogP contribution in [0.1, 0.15) is 58.4 Å². The summed E-state index contributed by atoms with van der Waals surface area (Å²) in [5, 5.41) is 11.5. The third-order valence-corrected chi connectivity index (χ3v) is 7.55. The Morgan fingerprint density at radius 2 is 1.90 bits per heavy atom. The molecular formula is C31H32N2O6S. The topological polar surface area (TPSA) is 106 Å². The van der Waals surface area contributed by atoms with Crippen LogP contribution < -0.4 is 9.64 Å². The fourth-order valence-electron chi connectivity index (χ4n) is 4.27. The zero-order valence-corrected chi connectivity index (χ0v) is 23.8. The number of hydrogen-bond donors (Lipinski definition) is 1. The van der Waals surface area contributed by atoms with Gasteiger partial charge in [0.2, 0.25) is 0 Å². The minimum atomic E-state index is -1.00. The number of aromatic nitrogens is 1. The standard InChI is InChI=1S/C31H32N2O6S/c1-6-15-39-30(37)28-20(5)32-31(40-28)33-25(22-8-7-9-23(17-22)38-16-14-18(2)3)24(27(35)29(33)36)26(34)21-12-10-19(4)11-13-21/h6-13,17-18,25,34H,1,14-16H2,2-5H3/b26-24+. The molecule has 1 atom stereocenters.